The number of nitrogens with one attached hydrogen (secondary N) is 1. The van der Waals surface area contributed by atoms with Crippen molar-refractivity contribution in [3.63, 3.8) is 0 Å². The van der Waals surface area contributed by atoms with E-state index < -0.39 is 0 Å². The van der Waals surface area contributed by atoms with Gasteiger partial charge in [0, 0.05) is 37.1 Å². The summed E-state index contributed by atoms with van der Waals surface area (Å²) in [6.45, 7) is 5.86. The number of aryl methyl sites for hydroxylation is 1. The molecule has 5 heteroatoms. The Morgan fingerprint density at radius 3 is 2.57 bits per heavy atom. The van der Waals surface area contributed by atoms with Crippen molar-refractivity contribution in [2.45, 2.75) is 30.7 Å². The third kappa shape index (κ3) is 3.72. The Hall–Kier alpha value is -1.46. The maximum Gasteiger partial charge on any atom is 0.321 e. The molecule has 4 nitrogen and oxygen atoms in total. The number of carbonyl (C=O) groups is 1. The van der Waals surface area contributed by atoms with E-state index in [1.807, 2.05) is 30.2 Å². The quantitative estimate of drug-likeness (QED) is 0.679. The number of carbonyl (C=O) groups excluding carboxylic acids is 1. The molecular weight excluding hydrogens is 306 g/mol. The van der Waals surface area contributed by atoms with Gasteiger partial charge in [-0.2, -0.15) is 0 Å². The molecule has 2 aliphatic heterocycles. The van der Waals surface area contributed by atoms with Crippen molar-refractivity contribution in [2.75, 3.05) is 37.8 Å². The fourth-order valence-corrected chi connectivity index (χ4v) is 4.01. The topological polar surface area (TPSA) is 35.6 Å². The largest absolute Gasteiger partial charge is 0.324 e. The highest BCUT2D eigenvalue weighted by Gasteiger charge is 2.27. The lowest BCUT2D eigenvalue weighted by Gasteiger charge is -2.36. The number of benzene rings is 1. The molecule has 1 saturated heterocycles. The highest BCUT2D eigenvalue weighted by Crippen LogP contribution is 2.29. The van der Waals surface area contributed by atoms with Crippen LogP contribution in [0.2, 0.25) is 0 Å². The second-order valence-electron chi connectivity index (χ2n) is 6.23. The summed E-state index contributed by atoms with van der Waals surface area (Å²) in [6, 6.07) is 6.79. The van der Waals surface area contributed by atoms with Crippen molar-refractivity contribution in [1.29, 1.82) is 0 Å². The fraction of sp³-hybridized carbons (Fsp3) is 0.500. The van der Waals surface area contributed by atoms with E-state index in [0.717, 1.165) is 55.2 Å². The smallest absolute Gasteiger partial charge is 0.321 e. The van der Waals surface area contributed by atoms with E-state index in [0.29, 0.717) is 6.04 Å². The highest BCUT2D eigenvalue weighted by molar-refractivity contribution is 7.98. The molecule has 124 valence electrons. The summed E-state index contributed by atoms with van der Waals surface area (Å²) >= 11 is 1.67. The molecule has 0 atom stereocenters. The summed E-state index contributed by atoms with van der Waals surface area (Å²) in [4.78, 5) is 18.2. The van der Waals surface area contributed by atoms with Crippen LogP contribution < -0.4 is 5.32 Å². The van der Waals surface area contributed by atoms with Gasteiger partial charge in [0.2, 0.25) is 0 Å². The van der Waals surface area contributed by atoms with E-state index >= 15 is 0 Å². The minimum Gasteiger partial charge on any atom is -0.324 e. The first-order chi connectivity index (χ1) is 11.2. The predicted octanol–water partition coefficient (Wildman–Crippen LogP) is 3.59. The molecule has 1 N–H and O–H groups in total. The third-order valence-corrected chi connectivity index (χ3v) is 5.58. The SMILES string of the molecule is CSc1cccc(C)c1NC(=O)N1CCC(N2CC=CC2)CC1. The number of nitrogens with zero attached hydrogens (tertiary/aromatic N) is 2. The van der Waals surface area contributed by atoms with Gasteiger partial charge in [-0.25, -0.2) is 4.79 Å². The zero-order chi connectivity index (χ0) is 16.2. The zero-order valence-electron chi connectivity index (χ0n) is 13.9. The van der Waals surface area contributed by atoms with Crippen LogP contribution in [0.3, 0.4) is 0 Å². The zero-order valence-corrected chi connectivity index (χ0v) is 14.7. The van der Waals surface area contributed by atoms with Crippen molar-refractivity contribution in [3.05, 3.63) is 35.9 Å². The lowest BCUT2D eigenvalue weighted by molar-refractivity contribution is 0.144. The van der Waals surface area contributed by atoms with Gasteiger partial charge in [0.1, 0.15) is 0 Å². The number of urea groups is 1. The average Bonchev–Trinajstić information content (AvgIpc) is 3.11. The molecule has 0 spiro atoms. The van der Waals surface area contributed by atoms with Crippen molar-refractivity contribution in [2.24, 2.45) is 0 Å². The van der Waals surface area contributed by atoms with Crippen LogP contribution >= 0.6 is 11.8 Å². The first-order valence-electron chi connectivity index (χ1n) is 8.27. The maximum atomic E-state index is 12.6. The standard InChI is InChI=1S/C18H25N3OS/c1-14-6-5-7-16(23-2)17(14)19-18(22)21-12-8-15(9-13-21)20-10-3-4-11-20/h3-7,15H,8-13H2,1-2H3,(H,19,22). The molecule has 0 aromatic heterocycles. The van der Waals surface area contributed by atoms with Gasteiger partial charge in [-0.05, 0) is 37.7 Å². The summed E-state index contributed by atoms with van der Waals surface area (Å²) in [5.74, 6) is 0. The van der Waals surface area contributed by atoms with Crippen LogP contribution in [-0.4, -0.2) is 54.3 Å². The molecule has 23 heavy (non-hydrogen) atoms. The molecule has 0 saturated carbocycles. The number of thioether (sulfide) groups is 1. The van der Waals surface area contributed by atoms with Crippen LogP contribution in [0.5, 0.6) is 0 Å². The second kappa shape index (κ2) is 7.41. The molecule has 0 bridgehead atoms. The number of likely N-dealkylation sites (tertiary alicyclic amines) is 1. The van der Waals surface area contributed by atoms with Crippen molar-refractivity contribution >= 4 is 23.5 Å². The van der Waals surface area contributed by atoms with Crippen molar-refractivity contribution < 1.29 is 4.79 Å². The van der Waals surface area contributed by atoms with Gasteiger partial charge in [0.05, 0.1) is 5.69 Å². The Morgan fingerprint density at radius 2 is 1.91 bits per heavy atom. The molecule has 2 aliphatic rings. The minimum absolute atomic E-state index is 0.0348. The van der Waals surface area contributed by atoms with Gasteiger partial charge in [0.15, 0.2) is 0 Å². The minimum atomic E-state index is 0.0348. The monoisotopic (exact) mass is 331 g/mol. The van der Waals surface area contributed by atoms with E-state index in [9.17, 15) is 4.79 Å². The maximum absolute atomic E-state index is 12.6. The summed E-state index contributed by atoms with van der Waals surface area (Å²) in [5, 5.41) is 3.12. The molecule has 1 aromatic rings. The molecule has 2 amide bonds. The van der Waals surface area contributed by atoms with Crippen LogP contribution in [0, 0.1) is 6.92 Å². The van der Waals surface area contributed by atoms with E-state index in [1.54, 1.807) is 11.8 Å². The highest BCUT2D eigenvalue weighted by atomic mass is 32.2. The Labute approximate surface area is 142 Å². The van der Waals surface area contributed by atoms with Crippen molar-refractivity contribution in [1.82, 2.24) is 9.80 Å². The number of para-hydroxylation sites is 1. The van der Waals surface area contributed by atoms with Crippen LogP contribution in [0.25, 0.3) is 0 Å². The van der Waals surface area contributed by atoms with Crippen LogP contribution in [0.1, 0.15) is 18.4 Å². The summed E-state index contributed by atoms with van der Waals surface area (Å²) < 4.78 is 0. The number of hydrogen-bond acceptors (Lipinski definition) is 3. The Kier molecular flexibility index (Phi) is 5.28. The summed E-state index contributed by atoms with van der Waals surface area (Å²) in [7, 11) is 0. The number of hydrogen-bond donors (Lipinski definition) is 1. The molecular formula is C18H25N3OS. The Morgan fingerprint density at radius 1 is 1.22 bits per heavy atom. The van der Waals surface area contributed by atoms with E-state index in [1.165, 1.54) is 0 Å². The lowest BCUT2D eigenvalue weighted by Crippen LogP contribution is -2.47. The average molecular weight is 331 g/mol. The van der Waals surface area contributed by atoms with Gasteiger partial charge in [-0.1, -0.05) is 24.3 Å². The summed E-state index contributed by atoms with van der Waals surface area (Å²) in [5.41, 5.74) is 2.07. The molecule has 0 unspecified atom stereocenters. The molecule has 1 aromatic carbocycles. The summed E-state index contributed by atoms with van der Waals surface area (Å²) in [6.07, 6.45) is 8.65. The van der Waals surface area contributed by atoms with Gasteiger partial charge < -0.3 is 10.2 Å². The number of amides is 2. The molecule has 0 radical (unpaired) electrons. The molecule has 0 aliphatic carbocycles. The van der Waals surface area contributed by atoms with Gasteiger partial charge in [0.25, 0.3) is 0 Å². The fourth-order valence-electron chi connectivity index (χ4n) is 3.38. The lowest BCUT2D eigenvalue weighted by atomic mass is 10.0. The second-order valence-corrected chi connectivity index (χ2v) is 7.07. The normalized spacial score (nSPS) is 19.3. The number of rotatable bonds is 3. The molecule has 3 rings (SSSR count). The Bertz CT molecular complexity index is 586. The molecule has 1 fully saturated rings. The van der Waals surface area contributed by atoms with E-state index in [2.05, 4.69) is 28.4 Å². The van der Waals surface area contributed by atoms with Gasteiger partial charge in [-0.15, -0.1) is 11.8 Å². The Balaban J connectivity index is 1.58. The molecule has 2 heterocycles. The van der Waals surface area contributed by atoms with Crippen LogP contribution in [0.15, 0.2) is 35.2 Å². The van der Waals surface area contributed by atoms with Gasteiger partial charge >= 0.3 is 6.03 Å². The third-order valence-electron chi connectivity index (χ3n) is 4.80. The number of piperidine rings is 1. The first kappa shape index (κ1) is 16.4. The van der Waals surface area contributed by atoms with E-state index in [4.69, 9.17) is 0 Å². The van der Waals surface area contributed by atoms with Crippen LogP contribution in [-0.2, 0) is 0 Å². The van der Waals surface area contributed by atoms with Gasteiger partial charge in [-0.3, -0.25) is 4.90 Å². The number of anilines is 1. The van der Waals surface area contributed by atoms with Crippen molar-refractivity contribution in [3.8, 4) is 0 Å². The predicted molar refractivity (Wildman–Crippen MR) is 97.3 cm³/mol. The first-order valence-corrected chi connectivity index (χ1v) is 9.50. The van der Waals surface area contributed by atoms with Crippen LogP contribution in [0.4, 0.5) is 10.5 Å². The van der Waals surface area contributed by atoms with E-state index in [-0.39, 0.29) is 6.03 Å².